The average Bonchev–Trinajstić information content (AvgIpc) is 2.76. The molecular formula is C26H23N2O2+. The van der Waals surface area contributed by atoms with Crippen LogP contribution in [0.1, 0.15) is 11.1 Å². The lowest BCUT2D eigenvalue weighted by atomic mass is 9.88. The Morgan fingerprint density at radius 1 is 1.07 bits per heavy atom. The van der Waals surface area contributed by atoms with E-state index in [9.17, 15) is 9.90 Å². The Bertz CT molecular complexity index is 1250. The normalized spacial score (nSPS) is 14.7. The number of nitrogens with zero attached hydrogens (tertiary/aromatic N) is 2. The Hall–Kier alpha value is -3.92. The summed E-state index contributed by atoms with van der Waals surface area (Å²) in [5.74, 6) is -0.901. The van der Waals surface area contributed by atoms with Gasteiger partial charge in [0, 0.05) is 34.7 Å². The van der Waals surface area contributed by atoms with E-state index in [2.05, 4.69) is 42.0 Å². The second-order valence-electron chi connectivity index (χ2n) is 7.16. The first kappa shape index (κ1) is 19.4. The Kier molecular flexibility index (Phi) is 5.07. The zero-order valence-corrected chi connectivity index (χ0v) is 16.9. The highest BCUT2D eigenvalue weighted by Crippen LogP contribution is 2.42. The lowest BCUT2D eigenvalue weighted by Crippen LogP contribution is -2.32. The predicted octanol–water partition coefficient (Wildman–Crippen LogP) is 4.74. The molecule has 148 valence electrons. The maximum atomic E-state index is 11.5. The molecule has 0 spiro atoms. The lowest BCUT2D eigenvalue weighted by Gasteiger charge is -2.34. The van der Waals surface area contributed by atoms with E-state index in [-0.39, 0.29) is 6.54 Å². The van der Waals surface area contributed by atoms with Gasteiger partial charge in [0.05, 0.1) is 5.39 Å². The summed E-state index contributed by atoms with van der Waals surface area (Å²) in [6, 6.07) is 18.2. The van der Waals surface area contributed by atoms with Gasteiger partial charge in [-0.25, -0.2) is 4.57 Å². The lowest BCUT2D eigenvalue weighted by molar-refractivity contribution is -0.644. The van der Waals surface area contributed by atoms with Gasteiger partial charge in [-0.2, -0.15) is 0 Å². The van der Waals surface area contributed by atoms with Crippen LogP contribution in [0.15, 0.2) is 97.4 Å². The minimum atomic E-state index is -0.901. The predicted molar refractivity (Wildman–Crippen MR) is 122 cm³/mol. The molecule has 2 aromatic carbocycles. The number of aryl methyl sites for hydroxylation is 1. The zero-order chi connectivity index (χ0) is 21.3. The summed E-state index contributed by atoms with van der Waals surface area (Å²) in [4.78, 5) is 13.3. The average molecular weight is 395 g/mol. The van der Waals surface area contributed by atoms with Crippen LogP contribution in [0.3, 0.4) is 0 Å². The number of aromatic nitrogens is 1. The van der Waals surface area contributed by atoms with Crippen LogP contribution in [0.2, 0.25) is 0 Å². The summed E-state index contributed by atoms with van der Waals surface area (Å²) in [6.07, 6.45) is 7.68. The Morgan fingerprint density at radius 3 is 2.53 bits per heavy atom. The number of anilines is 1. The maximum absolute atomic E-state index is 11.5. The fraction of sp³-hybridized carbons (Fsp3) is 0.0769. The molecule has 30 heavy (non-hydrogen) atoms. The van der Waals surface area contributed by atoms with Gasteiger partial charge in [0.2, 0.25) is 5.52 Å². The van der Waals surface area contributed by atoms with Crippen LogP contribution in [0, 0.1) is 0 Å². The van der Waals surface area contributed by atoms with Crippen molar-refractivity contribution < 1.29 is 14.5 Å². The molecule has 0 amide bonds. The van der Waals surface area contributed by atoms with Gasteiger partial charge in [-0.05, 0) is 35.4 Å². The number of fused-ring (bicyclic) bond motifs is 2. The van der Waals surface area contributed by atoms with E-state index in [1.54, 1.807) is 17.1 Å². The van der Waals surface area contributed by atoms with E-state index < -0.39 is 5.97 Å². The molecule has 0 fully saturated rings. The smallest absolute Gasteiger partial charge is 0.323 e. The molecule has 3 aromatic rings. The standard InChI is InChI=1S/C26H22N2O2/c1-4-19-22(16-18-14-15-27(3)24-12-8-6-10-20(18)24)21-11-7-9-13-25(21)28(17-26(29)30)23(19)5-2/h4-16H,1-2,17H2,3H3/p+1. The number of para-hydroxylation sites is 2. The van der Waals surface area contributed by atoms with Gasteiger partial charge in [0.25, 0.3) is 0 Å². The van der Waals surface area contributed by atoms with Crippen LogP contribution in [0.5, 0.6) is 0 Å². The number of allylic oxidation sites excluding steroid dienone is 4. The fourth-order valence-corrected chi connectivity index (χ4v) is 4.06. The number of benzene rings is 2. The highest BCUT2D eigenvalue weighted by Gasteiger charge is 2.27. The third-order valence-electron chi connectivity index (χ3n) is 5.41. The van der Waals surface area contributed by atoms with Gasteiger partial charge < -0.3 is 10.0 Å². The van der Waals surface area contributed by atoms with E-state index in [1.807, 2.05) is 49.6 Å². The Labute approximate surface area is 176 Å². The van der Waals surface area contributed by atoms with Crippen molar-refractivity contribution in [2.24, 2.45) is 7.05 Å². The van der Waals surface area contributed by atoms with Gasteiger partial charge in [0.1, 0.15) is 13.6 Å². The number of pyridine rings is 1. The fourth-order valence-electron chi connectivity index (χ4n) is 4.06. The van der Waals surface area contributed by atoms with Crippen molar-refractivity contribution in [3.05, 3.63) is 109 Å². The quantitative estimate of drug-likeness (QED) is 0.635. The minimum Gasteiger partial charge on any atom is -0.480 e. The van der Waals surface area contributed by atoms with Crippen LogP contribution in [0.4, 0.5) is 5.69 Å². The SMILES string of the molecule is C=CC1=C(C=C)N(CC(=O)O)c2ccccc2/C1=C\c1cc[n+](C)c2ccccc12. The molecule has 1 aliphatic heterocycles. The molecule has 2 heterocycles. The molecule has 0 unspecified atom stereocenters. The van der Waals surface area contributed by atoms with Crippen molar-refractivity contribution in [1.29, 1.82) is 0 Å². The van der Waals surface area contributed by atoms with Gasteiger partial charge in [-0.1, -0.05) is 49.6 Å². The second kappa shape index (κ2) is 7.84. The number of carbonyl (C=O) groups is 1. The number of hydrogen-bond acceptors (Lipinski definition) is 2. The molecule has 1 aliphatic rings. The van der Waals surface area contributed by atoms with Crippen molar-refractivity contribution in [2.75, 3.05) is 11.4 Å². The first-order chi connectivity index (χ1) is 14.5. The summed E-state index contributed by atoms with van der Waals surface area (Å²) in [6.45, 7) is 7.81. The van der Waals surface area contributed by atoms with E-state index in [1.165, 1.54) is 0 Å². The van der Waals surface area contributed by atoms with Crippen molar-refractivity contribution >= 4 is 34.2 Å². The third kappa shape index (κ3) is 3.22. The molecule has 0 atom stereocenters. The number of aliphatic carboxylic acids is 1. The molecule has 0 radical (unpaired) electrons. The summed E-state index contributed by atoms with van der Waals surface area (Å²) >= 11 is 0. The molecule has 4 heteroatoms. The van der Waals surface area contributed by atoms with Crippen LogP contribution in [-0.4, -0.2) is 17.6 Å². The molecule has 4 nitrogen and oxygen atoms in total. The monoisotopic (exact) mass is 395 g/mol. The Morgan fingerprint density at radius 2 is 1.80 bits per heavy atom. The number of rotatable bonds is 5. The van der Waals surface area contributed by atoms with Gasteiger partial charge in [-0.15, -0.1) is 0 Å². The summed E-state index contributed by atoms with van der Waals surface area (Å²) in [5, 5.41) is 10.6. The molecule has 1 aromatic heterocycles. The first-order valence-corrected chi connectivity index (χ1v) is 9.72. The second-order valence-corrected chi connectivity index (χ2v) is 7.16. The molecule has 1 N–H and O–H groups in total. The maximum Gasteiger partial charge on any atom is 0.323 e. The zero-order valence-electron chi connectivity index (χ0n) is 16.9. The third-order valence-corrected chi connectivity index (χ3v) is 5.41. The van der Waals surface area contributed by atoms with Crippen molar-refractivity contribution in [3.8, 4) is 0 Å². The Balaban J connectivity index is 2.02. The van der Waals surface area contributed by atoms with Gasteiger partial charge >= 0.3 is 5.97 Å². The summed E-state index contributed by atoms with van der Waals surface area (Å²) in [7, 11) is 2.03. The topological polar surface area (TPSA) is 44.4 Å². The van der Waals surface area contributed by atoms with E-state index in [4.69, 9.17) is 0 Å². The molecule has 0 bridgehead atoms. The van der Waals surface area contributed by atoms with E-state index in [0.29, 0.717) is 0 Å². The number of hydrogen-bond donors (Lipinski definition) is 1. The largest absolute Gasteiger partial charge is 0.480 e. The van der Waals surface area contributed by atoms with Gasteiger partial charge in [0.15, 0.2) is 6.20 Å². The molecule has 4 rings (SSSR count). The van der Waals surface area contributed by atoms with Crippen LogP contribution < -0.4 is 9.47 Å². The summed E-state index contributed by atoms with van der Waals surface area (Å²) in [5.41, 5.74) is 6.63. The highest BCUT2D eigenvalue weighted by atomic mass is 16.4. The molecule has 0 aliphatic carbocycles. The molecular weight excluding hydrogens is 372 g/mol. The molecule has 0 saturated carbocycles. The number of carboxylic acid groups (broad SMARTS) is 1. The number of carboxylic acids is 1. The minimum absolute atomic E-state index is 0.146. The van der Waals surface area contributed by atoms with Crippen LogP contribution in [-0.2, 0) is 11.8 Å². The van der Waals surface area contributed by atoms with Crippen molar-refractivity contribution in [3.63, 3.8) is 0 Å². The van der Waals surface area contributed by atoms with E-state index in [0.717, 1.165) is 44.6 Å². The van der Waals surface area contributed by atoms with Crippen LogP contribution in [0.25, 0.3) is 22.6 Å². The van der Waals surface area contributed by atoms with Crippen molar-refractivity contribution in [1.82, 2.24) is 0 Å². The van der Waals surface area contributed by atoms with Crippen molar-refractivity contribution in [2.45, 2.75) is 0 Å². The highest BCUT2D eigenvalue weighted by molar-refractivity contribution is 6.04. The van der Waals surface area contributed by atoms with Gasteiger partial charge in [-0.3, -0.25) is 4.79 Å². The summed E-state index contributed by atoms with van der Waals surface area (Å²) < 4.78 is 2.10. The molecule has 0 saturated heterocycles. The first-order valence-electron chi connectivity index (χ1n) is 9.72. The van der Waals surface area contributed by atoms with E-state index >= 15 is 0 Å². The van der Waals surface area contributed by atoms with Crippen LogP contribution >= 0.6 is 0 Å².